The topological polar surface area (TPSA) is 62.0 Å². The molecule has 2 aliphatic rings. The van der Waals surface area contributed by atoms with Gasteiger partial charge < -0.3 is 5.21 Å². The van der Waals surface area contributed by atoms with Crippen LogP contribution in [0.4, 0.5) is 0 Å². The van der Waals surface area contributed by atoms with Gasteiger partial charge in [-0.3, -0.25) is 4.79 Å². The first kappa shape index (κ1) is 8.25. The van der Waals surface area contributed by atoms with Crippen LogP contribution in [-0.2, 0) is 4.79 Å². The molecule has 0 aromatic carbocycles. The lowest BCUT2D eigenvalue weighted by Crippen LogP contribution is -2.27. The van der Waals surface area contributed by atoms with Crippen LogP contribution in [-0.4, -0.2) is 27.1 Å². The number of rotatable bonds is 0. The lowest BCUT2D eigenvalue weighted by Gasteiger charge is -2.17. The molecule has 1 aliphatic heterocycles. The molecule has 0 aromatic heterocycles. The van der Waals surface area contributed by atoms with Crippen molar-refractivity contribution in [3.05, 3.63) is 24.3 Å². The number of amidine groups is 1. The van der Waals surface area contributed by atoms with Crippen LogP contribution in [0.3, 0.4) is 0 Å². The summed E-state index contributed by atoms with van der Waals surface area (Å²) in [6.07, 6.45) is 7.39. The number of allylic oxidation sites excluding steroid dienone is 3. The van der Waals surface area contributed by atoms with E-state index in [1.165, 1.54) is 0 Å². The van der Waals surface area contributed by atoms with Gasteiger partial charge in [-0.15, -0.1) is 0 Å². The predicted molar refractivity (Wildman–Crippen MR) is 51.3 cm³/mol. The SMILES string of the molecule is O=C1SC2C=CC=CC2=N/C1=N/O. The van der Waals surface area contributed by atoms with Crippen molar-refractivity contribution < 1.29 is 10.0 Å². The van der Waals surface area contributed by atoms with Gasteiger partial charge in [-0.05, 0) is 6.08 Å². The molecule has 13 heavy (non-hydrogen) atoms. The first-order valence-electron chi connectivity index (χ1n) is 3.68. The number of nitrogens with zero attached hydrogens (tertiary/aromatic N) is 2. The van der Waals surface area contributed by atoms with Gasteiger partial charge in [0, 0.05) is 0 Å². The third kappa shape index (κ3) is 1.42. The van der Waals surface area contributed by atoms with Crippen molar-refractivity contribution in [2.45, 2.75) is 5.25 Å². The molecule has 1 atom stereocenters. The molecule has 0 aromatic rings. The van der Waals surface area contributed by atoms with Crippen LogP contribution in [0.2, 0.25) is 0 Å². The number of oxime groups is 1. The monoisotopic (exact) mass is 194 g/mol. The fourth-order valence-corrected chi connectivity index (χ4v) is 1.96. The lowest BCUT2D eigenvalue weighted by molar-refractivity contribution is -0.105. The van der Waals surface area contributed by atoms with Crippen LogP contribution in [0.5, 0.6) is 0 Å². The summed E-state index contributed by atoms with van der Waals surface area (Å²) < 4.78 is 0. The molecule has 0 saturated carbocycles. The molecular formula is C8H6N2O2S. The van der Waals surface area contributed by atoms with Gasteiger partial charge in [-0.1, -0.05) is 35.1 Å². The molecule has 5 heteroatoms. The van der Waals surface area contributed by atoms with Gasteiger partial charge in [0.05, 0.1) is 11.0 Å². The molecule has 0 saturated heterocycles. The summed E-state index contributed by atoms with van der Waals surface area (Å²) in [7, 11) is 0. The quantitative estimate of drug-likeness (QED) is 0.462. The van der Waals surface area contributed by atoms with Crippen molar-refractivity contribution in [3.8, 4) is 0 Å². The summed E-state index contributed by atoms with van der Waals surface area (Å²) in [5, 5.41) is 11.0. The Kier molecular flexibility index (Phi) is 2.02. The summed E-state index contributed by atoms with van der Waals surface area (Å²) in [5.41, 5.74) is 0.750. The van der Waals surface area contributed by atoms with E-state index < -0.39 is 0 Å². The van der Waals surface area contributed by atoms with Gasteiger partial charge in [-0.2, -0.15) is 0 Å². The van der Waals surface area contributed by atoms with E-state index in [1.54, 1.807) is 6.08 Å². The predicted octanol–water partition coefficient (Wildman–Crippen LogP) is 0.983. The second-order valence-corrected chi connectivity index (χ2v) is 3.64. The first-order valence-corrected chi connectivity index (χ1v) is 4.56. The largest absolute Gasteiger partial charge is 0.409 e. The zero-order valence-corrected chi connectivity index (χ0v) is 7.36. The van der Waals surface area contributed by atoms with E-state index in [-0.39, 0.29) is 16.2 Å². The molecule has 0 radical (unpaired) electrons. The minimum Gasteiger partial charge on any atom is -0.409 e. The minimum atomic E-state index is -0.295. The second-order valence-electron chi connectivity index (χ2n) is 2.53. The average molecular weight is 194 g/mol. The second kappa shape index (κ2) is 3.18. The molecule has 0 bridgehead atoms. The van der Waals surface area contributed by atoms with Crippen molar-refractivity contribution >= 4 is 28.4 Å². The molecule has 0 spiro atoms. The molecule has 1 aliphatic carbocycles. The van der Waals surface area contributed by atoms with Crippen molar-refractivity contribution in [1.29, 1.82) is 0 Å². The van der Waals surface area contributed by atoms with Gasteiger partial charge in [-0.25, -0.2) is 4.99 Å². The fraction of sp³-hybridized carbons (Fsp3) is 0.125. The molecular weight excluding hydrogens is 188 g/mol. The smallest absolute Gasteiger partial charge is 0.261 e. The van der Waals surface area contributed by atoms with Crippen molar-refractivity contribution in [3.63, 3.8) is 0 Å². The molecule has 0 fully saturated rings. The fourth-order valence-electron chi connectivity index (χ4n) is 1.11. The average Bonchev–Trinajstić information content (AvgIpc) is 2.17. The highest BCUT2D eigenvalue weighted by atomic mass is 32.2. The van der Waals surface area contributed by atoms with Gasteiger partial charge in [0.25, 0.3) is 5.12 Å². The standard InChI is InChI=1S/C8H6N2O2S/c11-8-7(10-12)9-5-3-1-2-4-6(5)13-8/h1-4,6,12H/b10-7+. The Bertz CT molecular complexity index is 368. The number of aliphatic imine (C=N–C) groups is 1. The summed E-state index contributed by atoms with van der Waals surface area (Å²) in [5.74, 6) is -0.129. The highest BCUT2D eigenvalue weighted by molar-refractivity contribution is 8.16. The third-order valence-corrected chi connectivity index (χ3v) is 2.75. The van der Waals surface area contributed by atoms with Crippen molar-refractivity contribution in [2.24, 2.45) is 10.1 Å². The number of thioether (sulfide) groups is 1. The van der Waals surface area contributed by atoms with Gasteiger partial charge in [0.15, 0.2) is 0 Å². The summed E-state index contributed by atoms with van der Waals surface area (Å²) in [6.45, 7) is 0. The highest BCUT2D eigenvalue weighted by Gasteiger charge is 2.27. The van der Waals surface area contributed by atoms with E-state index in [0.29, 0.717) is 0 Å². The molecule has 1 N–H and O–H groups in total. The molecule has 4 nitrogen and oxygen atoms in total. The Balaban J connectivity index is 2.40. The number of hydrogen-bond acceptors (Lipinski definition) is 4. The van der Waals surface area contributed by atoms with E-state index in [2.05, 4.69) is 10.1 Å². The zero-order valence-electron chi connectivity index (χ0n) is 6.54. The van der Waals surface area contributed by atoms with Crippen molar-refractivity contribution in [2.75, 3.05) is 0 Å². The Morgan fingerprint density at radius 2 is 2.38 bits per heavy atom. The zero-order chi connectivity index (χ0) is 9.26. The summed E-state index contributed by atoms with van der Waals surface area (Å²) >= 11 is 1.10. The molecule has 0 amide bonds. The van der Waals surface area contributed by atoms with Gasteiger partial charge in [0.2, 0.25) is 5.84 Å². The van der Waals surface area contributed by atoms with Gasteiger partial charge in [0.1, 0.15) is 0 Å². The van der Waals surface area contributed by atoms with E-state index in [9.17, 15) is 4.79 Å². The highest BCUT2D eigenvalue weighted by Crippen LogP contribution is 2.24. The third-order valence-electron chi connectivity index (χ3n) is 1.70. The summed E-state index contributed by atoms with van der Waals surface area (Å²) in [4.78, 5) is 15.1. The van der Waals surface area contributed by atoms with Gasteiger partial charge >= 0.3 is 0 Å². The Labute approximate surface area is 78.7 Å². The normalized spacial score (nSPS) is 28.9. The van der Waals surface area contributed by atoms with Crippen LogP contribution in [0, 0.1) is 0 Å². The molecule has 1 heterocycles. The van der Waals surface area contributed by atoms with Crippen LogP contribution in [0.25, 0.3) is 0 Å². The molecule has 1 unspecified atom stereocenters. The first-order chi connectivity index (χ1) is 6.31. The van der Waals surface area contributed by atoms with E-state index in [4.69, 9.17) is 5.21 Å². The van der Waals surface area contributed by atoms with Crippen LogP contribution >= 0.6 is 11.8 Å². The molecule has 66 valence electrons. The number of fused-ring (bicyclic) bond motifs is 1. The Hall–Kier alpha value is -1.36. The van der Waals surface area contributed by atoms with Crippen molar-refractivity contribution in [1.82, 2.24) is 0 Å². The van der Waals surface area contributed by atoms with Crippen LogP contribution < -0.4 is 0 Å². The van der Waals surface area contributed by atoms with E-state index >= 15 is 0 Å². The maximum Gasteiger partial charge on any atom is 0.261 e. The maximum absolute atomic E-state index is 11.2. The molecule has 2 rings (SSSR count). The minimum absolute atomic E-state index is 0.0250. The van der Waals surface area contributed by atoms with E-state index in [1.807, 2.05) is 18.2 Å². The maximum atomic E-state index is 11.2. The Morgan fingerprint density at radius 1 is 1.54 bits per heavy atom. The Morgan fingerprint density at radius 3 is 3.15 bits per heavy atom. The van der Waals surface area contributed by atoms with Crippen LogP contribution in [0.15, 0.2) is 34.5 Å². The van der Waals surface area contributed by atoms with E-state index in [0.717, 1.165) is 17.5 Å². The summed E-state index contributed by atoms with van der Waals surface area (Å²) in [6, 6.07) is 0. The number of carbonyl (C=O) groups excluding carboxylic acids is 1. The number of hydrogen-bond donors (Lipinski definition) is 1. The number of carbonyl (C=O) groups is 1. The van der Waals surface area contributed by atoms with Crippen LogP contribution in [0.1, 0.15) is 0 Å². The lowest BCUT2D eigenvalue weighted by atomic mass is 10.1.